The van der Waals surface area contributed by atoms with E-state index in [0.717, 1.165) is 6.07 Å². The number of nitrogens with zero attached hydrogens (tertiary/aromatic N) is 4. The molecule has 0 saturated heterocycles. The molecule has 0 aliphatic carbocycles. The molecule has 2 heterocycles. The molecule has 7 heteroatoms. The molecule has 3 aromatic rings. The van der Waals surface area contributed by atoms with Gasteiger partial charge in [0.1, 0.15) is 17.6 Å². The molecular formula is C18H10ClFN4O. The highest BCUT2D eigenvalue weighted by Gasteiger charge is 2.15. The van der Waals surface area contributed by atoms with Crippen LogP contribution in [0.15, 0.2) is 60.0 Å². The van der Waals surface area contributed by atoms with E-state index in [2.05, 4.69) is 15.0 Å². The van der Waals surface area contributed by atoms with Crippen molar-refractivity contribution < 1.29 is 9.50 Å². The molecule has 0 aliphatic rings. The van der Waals surface area contributed by atoms with Crippen LogP contribution in [0.2, 0.25) is 5.02 Å². The maximum absolute atomic E-state index is 13.2. The third-order valence-electron chi connectivity index (χ3n) is 3.38. The van der Waals surface area contributed by atoms with Crippen molar-refractivity contribution >= 4 is 23.0 Å². The van der Waals surface area contributed by atoms with Crippen LogP contribution in [0.25, 0.3) is 11.3 Å². The summed E-state index contributed by atoms with van der Waals surface area (Å²) in [6.07, 6.45) is 4.61. The lowest BCUT2D eigenvalue weighted by molar-refractivity contribution is 0.474. The normalized spacial score (nSPS) is 11.2. The number of aromatic nitrogens is 2. The molecule has 0 radical (unpaired) electrons. The highest BCUT2D eigenvalue weighted by Crippen LogP contribution is 2.31. The van der Waals surface area contributed by atoms with E-state index in [1.54, 1.807) is 24.5 Å². The number of halogens is 2. The fraction of sp³-hybridized carbons (Fsp3) is 0. The molecule has 0 amide bonds. The number of pyridine rings is 2. The molecule has 0 bridgehead atoms. The van der Waals surface area contributed by atoms with Crippen LogP contribution in [-0.4, -0.2) is 20.8 Å². The van der Waals surface area contributed by atoms with Gasteiger partial charge in [-0.25, -0.2) is 9.38 Å². The van der Waals surface area contributed by atoms with Gasteiger partial charge in [0.05, 0.1) is 16.3 Å². The first-order valence-electron chi connectivity index (χ1n) is 7.12. The lowest BCUT2D eigenvalue weighted by atomic mass is 10.1. The quantitative estimate of drug-likeness (QED) is 0.713. The SMILES string of the molecule is N#CC(=Nc1ccc(F)c(Cl)c1)c1ccnc(-c2ccncc2)c1O. The van der Waals surface area contributed by atoms with Gasteiger partial charge in [0.25, 0.3) is 0 Å². The van der Waals surface area contributed by atoms with Crippen molar-refractivity contribution in [3.8, 4) is 23.1 Å². The van der Waals surface area contributed by atoms with Crippen LogP contribution < -0.4 is 0 Å². The predicted molar refractivity (Wildman–Crippen MR) is 92.4 cm³/mol. The van der Waals surface area contributed by atoms with Gasteiger partial charge in [0.2, 0.25) is 0 Å². The average Bonchev–Trinajstić information content (AvgIpc) is 2.64. The van der Waals surface area contributed by atoms with Gasteiger partial charge >= 0.3 is 0 Å². The van der Waals surface area contributed by atoms with Crippen molar-refractivity contribution in [1.82, 2.24) is 9.97 Å². The summed E-state index contributed by atoms with van der Waals surface area (Å²) in [6, 6.07) is 10.6. The van der Waals surface area contributed by atoms with Crippen LogP contribution in [-0.2, 0) is 0 Å². The summed E-state index contributed by atoms with van der Waals surface area (Å²) in [5.74, 6) is -0.756. The number of hydrogen-bond donors (Lipinski definition) is 1. The minimum atomic E-state index is -0.578. The minimum absolute atomic E-state index is 0.0436. The zero-order chi connectivity index (χ0) is 17.8. The molecule has 1 N–H and O–H groups in total. The largest absolute Gasteiger partial charge is 0.505 e. The van der Waals surface area contributed by atoms with E-state index in [4.69, 9.17) is 11.6 Å². The number of aliphatic imine (C=N–C) groups is 1. The van der Waals surface area contributed by atoms with E-state index < -0.39 is 5.82 Å². The van der Waals surface area contributed by atoms with Crippen LogP contribution in [0.4, 0.5) is 10.1 Å². The molecule has 5 nitrogen and oxygen atoms in total. The van der Waals surface area contributed by atoms with Gasteiger partial charge in [-0.2, -0.15) is 5.26 Å². The summed E-state index contributed by atoms with van der Waals surface area (Å²) < 4.78 is 13.2. The molecule has 25 heavy (non-hydrogen) atoms. The third-order valence-corrected chi connectivity index (χ3v) is 3.67. The maximum Gasteiger partial charge on any atom is 0.152 e. The Labute approximate surface area is 147 Å². The third kappa shape index (κ3) is 3.47. The predicted octanol–water partition coefficient (Wildman–Crippen LogP) is 4.29. The summed E-state index contributed by atoms with van der Waals surface area (Å²) in [6.45, 7) is 0. The Morgan fingerprint density at radius 3 is 2.60 bits per heavy atom. The van der Waals surface area contributed by atoms with Gasteiger partial charge in [-0.05, 0) is 36.4 Å². The molecule has 0 saturated carbocycles. The van der Waals surface area contributed by atoms with E-state index in [9.17, 15) is 14.8 Å². The molecule has 2 aromatic heterocycles. The molecule has 122 valence electrons. The van der Waals surface area contributed by atoms with Gasteiger partial charge in [-0.15, -0.1) is 0 Å². The second-order valence-electron chi connectivity index (χ2n) is 4.96. The molecule has 0 spiro atoms. The van der Waals surface area contributed by atoms with Crippen LogP contribution >= 0.6 is 11.6 Å². The number of rotatable bonds is 3. The summed E-state index contributed by atoms with van der Waals surface area (Å²) in [5, 5.41) is 19.8. The monoisotopic (exact) mass is 352 g/mol. The smallest absolute Gasteiger partial charge is 0.152 e. The summed E-state index contributed by atoms with van der Waals surface area (Å²) in [7, 11) is 0. The van der Waals surface area contributed by atoms with Gasteiger partial charge in [0.15, 0.2) is 11.5 Å². The Hall–Kier alpha value is -3.30. The standard InChI is InChI=1S/C18H10ClFN4O/c19-14-9-12(1-2-15(14)20)24-16(10-21)13-5-8-23-17(18(13)25)11-3-6-22-7-4-11/h1-9,25H. The number of hydrogen-bond acceptors (Lipinski definition) is 5. The van der Waals surface area contributed by atoms with E-state index in [-0.39, 0.29) is 22.0 Å². The van der Waals surface area contributed by atoms with Crippen molar-refractivity contribution in [2.45, 2.75) is 0 Å². The minimum Gasteiger partial charge on any atom is -0.505 e. The van der Waals surface area contributed by atoms with Crippen molar-refractivity contribution in [2.24, 2.45) is 4.99 Å². The Bertz CT molecular complexity index is 1000. The summed E-state index contributed by atoms with van der Waals surface area (Å²) >= 11 is 5.73. The summed E-state index contributed by atoms with van der Waals surface area (Å²) in [5.41, 5.74) is 1.42. The molecule has 0 fully saturated rings. The Kier molecular flexibility index (Phi) is 4.68. The fourth-order valence-corrected chi connectivity index (χ4v) is 2.37. The molecule has 0 aliphatic heterocycles. The highest BCUT2D eigenvalue weighted by molar-refractivity contribution is 6.31. The van der Waals surface area contributed by atoms with E-state index in [1.807, 2.05) is 6.07 Å². The number of aromatic hydroxyl groups is 1. The molecule has 0 unspecified atom stereocenters. The molecule has 0 atom stereocenters. The van der Waals surface area contributed by atoms with Crippen LogP contribution in [0.5, 0.6) is 5.75 Å². The first-order chi connectivity index (χ1) is 12.1. The van der Waals surface area contributed by atoms with Crippen molar-refractivity contribution in [3.05, 3.63) is 71.4 Å². The Balaban J connectivity index is 2.09. The fourth-order valence-electron chi connectivity index (χ4n) is 2.20. The maximum atomic E-state index is 13.2. The van der Waals surface area contributed by atoms with Gasteiger partial charge < -0.3 is 5.11 Å². The zero-order valence-electron chi connectivity index (χ0n) is 12.7. The first-order valence-corrected chi connectivity index (χ1v) is 7.50. The van der Waals surface area contributed by atoms with Gasteiger partial charge in [-0.1, -0.05) is 11.6 Å². The molecular weight excluding hydrogens is 343 g/mol. The number of nitriles is 1. The van der Waals surface area contributed by atoms with E-state index in [1.165, 1.54) is 24.4 Å². The van der Waals surface area contributed by atoms with Crippen molar-refractivity contribution in [3.63, 3.8) is 0 Å². The Morgan fingerprint density at radius 2 is 1.92 bits per heavy atom. The van der Waals surface area contributed by atoms with Gasteiger partial charge in [0, 0.05) is 24.2 Å². The molecule has 1 aromatic carbocycles. The Morgan fingerprint density at radius 1 is 1.16 bits per heavy atom. The number of benzene rings is 1. The van der Waals surface area contributed by atoms with Crippen LogP contribution in [0.3, 0.4) is 0 Å². The highest BCUT2D eigenvalue weighted by atomic mass is 35.5. The lowest BCUT2D eigenvalue weighted by Crippen LogP contribution is -2.00. The van der Waals surface area contributed by atoms with Crippen molar-refractivity contribution in [1.29, 1.82) is 5.26 Å². The molecule has 3 rings (SSSR count). The van der Waals surface area contributed by atoms with Crippen LogP contribution in [0, 0.1) is 17.1 Å². The van der Waals surface area contributed by atoms with Gasteiger partial charge in [-0.3, -0.25) is 9.97 Å². The second kappa shape index (κ2) is 7.07. The zero-order valence-corrected chi connectivity index (χ0v) is 13.4. The second-order valence-corrected chi connectivity index (χ2v) is 5.37. The average molecular weight is 353 g/mol. The first kappa shape index (κ1) is 16.6. The lowest BCUT2D eigenvalue weighted by Gasteiger charge is -2.08. The van der Waals surface area contributed by atoms with Crippen molar-refractivity contribution in [2.75, 3.05) is 0 Å². The topological polar surface area (TPSA) is 82.2 Å². The summed E-state index contributed by atoms with van der Waals surface area (Å²) in [4.78, 5) is 12.2. The van der Waals surface area contributed by atoms with E-state index >= 15 is 0 Å². The van der Waals surface area contributed by atoms with E-state index in [0.29, 0.717) is 16.9 Å². The van der Waals surface area contributed by atoms with Crippen LogP contribution in [0.1, 0.15) is 5.56 Å².